The average molecular weight is 290 g/mol. The lowest BCUT2D eigenvalue weighted by Crippen LogP contribution is -2.02. The van der Waals surface area contributed by atoms with Crippen LogP contribution in [0.5, 0.6) is 0 Å². The fraction of sp³-hybridized carbons (Fsp3) is 0.0667. The molecule has 0 aromatic heterocycles. The van der Waals surface area contributed by atoms with Gasteiger partial charge in [-0.25, -0.2) is 0 Å². The van der Waals surface area contributed by atoms with E-state index in [1.807, 2.05) is 30.3 Å². The van der Waals surface area contributed by atoms with Gasteiger partial charge in [-0.05, 0) is 11.1 Å². The van der Waals surface area contributed by atoms with Crippen LogP contribution < -0.4 is 0 Å². The first-order valence-electron chi connectivity index (χ1n) is 5.96. The molecule has 0 heterocycles. The smallest absolute Gasteiger partial charge is 0.298 e. The largest absolute Gasteiger partial charge is 0.495 e. The van der Waals surface area contributed by atoms with Crippen molar-refractivity contribution in [3.63, 3.8) is 0 Å². The van der Waals surface area contributed by atoms with E-state index in [4.69, 9.17) is 4.74 Å². The molecule has 0 aliphatic rings. The standard InChI is InChI=1S/C15H14O4S/c16-20(17,18)15(14-9-5-2-6-10-14)12-19-11-13-7-3-1-4-8-13/h1-10,12H,11H2,(H,16,17,18). The van der Waals surface area contributed by atoms with Crippen LogP contribution in [0, 0.1) is 0 Å². The topological polar surface area (TPSA) is 63.6 Å². The first-order chi connectivity index (χ1) is 9.57. The minimum absolute atomic E-state index is 0.229. The zero-order valence-corrected chi connectivity index (χ0v) is 11.5. The third kappa shape index (κ3) is 3.94. The fourth-order valence-electron chi connectivity index (χ4n) is 1.67. The fourth-order valence-corrected chi connectivity index (χ4v) is 2.29. The zero-order chi connectivity index (χ0) is 14.4. The Kier molecular flexibility index (Phi) is 4.55. The van der Waals surface area contributed by atoms with Gasteiger partial charge in [0.1, 0.15) is 17.8 Å². The van der Waals surface area contributed by atoms with Gasteiger partial charge in [-0.1, -0.05) is 60.7 Å². The highest BCUT2D eigenvalue weighted by Gasteiger charge is 2.16. The van der Waals surface area contributed by atoms with Crippen molar-refractivity contribution in [2.24, 2.45) is 0 Å². The van der Waals surface area contributed by atoms with Crippen LogP contribution in [0.2, 0.25) is 0 Å². The molecule has 2 rings (SSSR count). The Morgan fingerprint density at radius 2 is 1.55 bits per heavy atom. The molecule has 0 amide bonds. The molecule has 0 bridgehead atoms. The molecule has 5 heteroatoms. The van der Waals surface area contributed by atoms with Gasteiger partial charge in [0.15, 0.2) is 0 Å². The maximum absolute atomic E-state index is 11.4. The molecule has 1 N–H and O–H groups in total. The van der Waals surface area contributed by atoms with Gasteiger partial charge in [0.2, 0.25) is 0 Å². The van der Waals surface area contributed by atoms with E-state index in [-0.39, 0.29) is 11.5 Å². The maximum Gasteiger partial charge on any atom is 0.298 e. The highest BCUT2D eigenvalue weighted by atomic mass is 32.2. The average Bonchev–Trinajstić information content (AvgIpc) is 2.44. The predicted octanol–water partition coefficient (Wildman–Crippen LogP) is 3.09. The van der Waals surface area contributed by atoms with Gasteiger partial charge in [0.25, 0.3) is 10.1 Å². The molecule has 0 saturated carbocycles. The van der Waals surface area contributed by atoms with Crippen LogP contribution in [0.1, 0.15) is 11.1 Å². The Hall–Kier alpha value is -2.11. The summed E-state index contributed by atoms with van der Waals surface area (Å²) in [5.74, 6) is 0. The van der Waals surface area contributed by atoms with Crippen molar-refractivity contribution in [2.45, 2.75) is 6.61 Å². The first-order valence-corrected chi connectivity index (χ1v) is 7.40. The highest BCUT2D eigenvalue weighted by molar-refractivity contribution is 7.95. The third-order valence-corrected chi connectivity index (χ3v) is 3.51. The van der Waals surface area contributed by atoms with Crippen molar-refractivity contribution in [3.05, 3.63) is 78.1 Å². The van der Waals surface area contributed by atoms with Crippen LogP contribution in [-0.4, -0.2) is 13.0 Å². The van der Waals surface area contributed by atoms with Crippen molar-refractivity contribution in [1.29, 1.82) is 0 Å². The molecule has 0 unspecified atom stereocenters. The summed E-state index contributed by atoms with van der Waals surface area (Å²) in [6.07, 6.45) is 1.07. The van der Waals surface area contributed by atoms with E-state index in [1.165, 1.54) is 0 Å². The number of hydrogen-bond donors (Lipinski definition) is 1. The Bertz CT molecular complexity index is 676. The van der Waals surface area contributed by atoms with E-state index in [0.29, 0.717) is 5.56 Å². The lowest BCUT2D eigenvalue weighted by atomic mass is 10.2. The monoisotopic (exact) mass is 290 g/mol. The second-order valence-electron chi connectivity index (χ2n) is 4.12. The lowest BCUT2D eigenvalue weighted by Gasteiger charge is -2.06. The van der Waals surface area contributed by atoms with Crippen molar-refractivity contribution in [1.82, 2.24) is 0 Å². The summed E-state index contributed by atoms with van der Waals surface area (Å²) in [6, 6.07) is 17.6. The van der Waals surface area contributed by atoms with Gasteiger partial charge in [-0.15, -0.1) is 0 Å². The molecule has 104 valence electrons. The summed E-state index contributed by atoms with van der Waals surface area (Å²) in [5.41, 5.74) is 1.29. The number of ether oxygens (including phenoxy) is 1. The summed E-state index contributed by atoms with van der Waals surface area (Å²) in [5, 5.41) is 0. The minimum atomic E-state index is -4.34. The third-order valence-electron chi connectivity index (χ3n) is 2.62. The van der Waals surface area contributed by atoms with Crippen molar-refractivity contribution < 1.29 is 17.7 Å². The molecular weight excluding hydrogens is 276 g/mol. The molecule has 20 heavy (non-hydrogen) atoms. The van der Waals surface area contributed by atoms with Crippen LogP contribution in [0.25, 0.3) is 4.91 Å². The molecule has 0 fully saturated rings. The minimum Gasteiger partial charge on any atom is -0.495 e. The van der Waals surface area contributed by atoms with Gasteiger partial charge < -0.3 is 4.74 Å². The van der Waals surface area contributed by atoms with Gasteiger partial charge >= 0.3 is 0 Å². The normalized spacial score (nSPS) is 12.2. The van der Waals surface area contributed by atoms with Crippen LogP contribution in [-0.2, 0) is 21.5 Å². The Balaban J connectivity index is 2.18. The maximum atomic E-state index is 11.4. The van der Waals surface area contributed by atoms with E-state index in [1.54, 1.807) is 30.3 Å². The molecule has 2 aromatic rings. The first kappa shape index (κ1) is 14.3. The van der Waals surface area contributed by atoms with Crippen LogP contribution in [0.15, 0.2) is 66.9 Å². The summed E-state index contributed by atoms with van der Waals surface area (Å²) in [6.45, 7) is 0.229. The summed E-state index contributed by atoms with van der Waals surface area (Å²) in [4.78, 5) is -0.256. The molecule has 0 atom stereocenters. The molecular formula is C15H14O4S. The molecule has 0 aliphatic carbocycles. The second kappa shape index (κ2) is 6.36. The Labute approximate surface area is 118 Å². The molecule has 0 saturated heterocycles. The van der Waals surface area contributed by atoms with Gasteiger partial charge in [-0.2, -0.15) is 8.42 Å². The van der Waals surface area contributed by atoms with E-state index in [9.17, 15) is 13.0 Å². The zero-order valence-electron chi connectivity index (χ0n) is 10.6. The second-order valence-corrected chi connectivity index (χ2v) is 5.51. The summed E-state index contributed by atoms with van der Waals surface area (Å²) in [7, 11) is -4.34. The SMILES string of the molecule is O=S(=O)(O)C(=COCc1ccccc1)c1ccccc1. The van der Waals surface area contributed by atoms with E-state index in [2.05, 4.69) is 0 Å². The highest BCUT2D eigenvalue weighted by Crippen LogP contribution is 2.20. The lowest BCUT2D eigenvalue weighted by molar-refractivity contribution is 0.238. The quantitative estimate of drug-likeness (QED) is 0.679. The Morgan fingerprint density at radius 1 is 1.00 bits per heavy atom. The van der Waals surface area contributed by atoms with Crippen LogP contribution in [0.3, 0.4) is 0 Å². The van der Waals surface area contributed by atoms with Crippen molar-refractivity contribution in [3.8, 4) is 0 Å². The van der Waals surface area contributed by atoms with E-state index in [0.717, 1.165) is 11.8 Å². The van der Waals surface area contributed by atoms with E-state index < -0.39 is 10.1 Å². The van der Waals surface area contributed by atoms with Gasteiger partial charge in [0, 0.05) is 0 Å². The van der Waals surface area contributed by atoms with E-state index >= 15 is 0 Å². The summed E-state index contributed by atoms with van der Waals surface area (Å²) < 4.78 is 37.3. The molecule has 0 radical (unpaired) electrons. The van der Waals surface area contributed by atoms with Crippen molar-refractivity contribution >= 4 is 15.0 Å². The predicted molar refractivity (Wildman–Crippen MR) is 77.2 cm³/mol. The summed E-state index contributed by atoms with van der Waals surface area (Å²) >= 11 is 0. The molecule has 0 aliphatic heterocycles. The number of benzene rings is 2. The van der Waals surface area contributed by atoms with Gasteiger partial charge in [0.05, 0.1) is 0 Å². The molecule has 4 nitrogen and oxygen atoms in total. The van der Waals surface area contributed by atoms with Crippen LogP contribution >= 0.6 is 0 Å². The Morgan fingerprint density at radius 3 is 2.10 bits per heavy atom. The number of rotatable bonds is 5. The van der Waals surface area contributed by atoms with Gasteiger partial charge in [-0.3, -0.25) is 4.55 Å². The van der Waals surface area contributed by atoms with Crippen molar-refractivity contribution in [2.75, 3.05) is 0 Å². The number of hydrogen-bond acceptors (Lipinski definition) is 3. The molecule has 2 aromatic carbocycles. The molecule has 0 spiro atoms. The van der Waals surface area contributed by atoms with Crippen LogP contribution in [0.4, 0.5) is 0 Å².